The van der Waals surface area contributed by atoms with Gasteiger partial charge < -0.3 is 0 Å². The van der Waals surface area contributed by atoms with Crippen LogP contribution in [-0.2, 0) is 26.6 Å². The van der Waals surface area contributed by atoms with E-state index in [9.17, 15) is 16.8 Å². The lowest BCUT2D eigenvalue weighted by atomic mass is 10.0. The van der Waals surface area contributed by atoms with Gasteiger partial charge in [-0.1, -0.05) is 36.8 Å². The fourth-order valence-electron chi connectivity index (χ4n) is 3.64. The maximum Gasteiger partial charge on any atom is 0.243 e. The summed E-state index contributed by atoms with van der Waals surface area (Å²) >= 11 is 0. The molecule has 28 heavy (non-hydrogen) atoms. The van der Waals surface area contributed by atoms with Crippen molar-refractivity contribution in [3.05, 3.63) is 60.2 Å². The maximum absolute atomic E-state index is 13.0. The molecule has 1 N–H and O–H groups in total. The third-order valence-corrected chi connectivity index (χ3v) is 8.69. The molecule has 0 spiro atoms. The molecule has 1 fully saturated rings. The molecule has 8 heteroatoms. The van der Waals surface area contributed by atoms with Crippen LogP contribution in [0.15, 0.2) is 64.4 Å². The zero-order chi connectivity index (χ0) is 20.4. The van der Waals surface area contributed by atoms with E-state index in [4.69, 9.17) is 0 Å². The summed E-state index contributed by atoms with van der Waals surface area (Å²) in [6.07, 6.45) is 2.68. The van der Waals surface area contributed by atoms with Crippen molar-refractivity contribution >= 4 is 20.0 Å². The zero-order valence-corrected chi connectivity index (χ0v) is 17.7. The van der Waals surface area contributed by atoms with Crippen LogP contribution in [0.1, 0.15) is 38.7 Å². The van der Waals surface area contributed by atoms with Crippen molar-refractivity contribution in [3.8, 4) is 0 Å². The molecule has 0 bridgehead atoms. The molecule has 0 radical (unpaired) electrons. The highest BCUT2D eigenvalue weighted by atomic mass is 32.2. The molecule has 0 aromatic heterocycles. The van der Waals surface area contributed by atoms with Gasteiger partial charge in [-0.15, -0.1) is 0 Å². The number of nitrogens with zero attached hydrogens (tertiary/aromatic N) is 1. The molecular formula is C20H26N2O4S2. The second-order valence-electron chi connectivity index (χ2n) is 7.25. The van der Waals surface area contributed by atoms with Crippen LogP contribution in [0.25, 0.3) is 0 Å². The summed E-state index contributed by atoms with van der Waals surface area (Å²) < 4.78 is 55.2. The Hall–Kier alpha value is -1.74. The Morgan fingerprint density at radius 2 is 1.39 bits per heavy atom. The van der Waals surface area contributed by atoms with Crippen LogP contribution in [0.3, 0.4) is 0 Å². The monoisotopic (exact) mass is 422 g/mol. The van der Waals surface area contributed by atoms with Gasteiger partial charge in [0.25, 0.3) is 0 Å². The first-order valence-electron chi connectivity index (χ1n) is 9.39. The number of nitrogens with one attached hydrogen (secondary N) is 1. The third kappa shape index (κ3) is 4.46. The van der Waals surface area contributed by atoms with E-state index in [1.807, 2.05) is 44.2 Å². The summed E-state index contributed by atoms with van der Waals surface area (Å²) in [7, 11) is -7.39. The van der Waals surface area contributed by atoms with E-state index in [0.717, 1.165) is 24.8 Å². The molecule has 1 saturated heterocycles. The number of benzene rings is 2. The highest BCUT2D eigenvalue weighted by molar-refractivity contribution is 7.89. The smallest absolute Gasteiger partial charge is 0.207 e. The van der Waals surface area contributed by atoms with Gasteiger partial charge in [0, 0.05) is 18.6 Å². The largest absolute Gasteiger partial charge is 0.243 e. The van der Waals surface area contributed by atoms with Crippen molar-refractivity contribution in [2.24, 2.45) is 0 Å². The molecule has 0 unspecified atom stereocenters. The lowest BCUT2D eigenvalue weighted by molar-refractivity contribution is 0.204. The Balaban J connectivity index is 1.78. The first-order valence-corrected chi connectivity index (χ1v) is 12.3. The Morgan fingerprint density at radius 1 is 0.857 bits per heavy atom. The zero-order valence-electron chi connectivity index (χ0n) is 16.1. The van der Waals surface area contributed by atoms with Gasteiger partial charge in [0.15, 0.2) is 0 Å². The summed E-state index contributed by atoms with van der Waals surface area (Å²) in [5, 5.41) is 0. The summed E-state index contributed by atoms with van der Waals surface area (Å²) in [4.78, 5) is 0.164. The van der Waals surface area contributed by atoms with Crippen LogP contribution in [0.5, 0.6) is 0 Å². The number of hydrogen-bond acceptors (Lipinski definition) is 4. The number of piperidine rings is 1. The fraction of sp³-hybridized carbons (Fsp3) is 0.400. The molecule has 1 heterocycles. The van der Waals surface area contributed by atoms with E-state index >= 15 is 0 Å². The van der Waals surface area contributed by atoms with E-state index in [1.54, 1.807) is 4.31 Å². The third-order valence-electron chi connectivity index (χ3n) is 5.13. The maximum atomic E-state index is 13.0. The average molecular weight is 423 g/mol. The minimum atomic E-state index is -3.73. The summed E-state index contributed by atoms with van der Waals surface area (Å²) in [6, 6.07) is 14.5. The van der Waals surface area contributed by atoms with Gasteiger partial charge in [-0.05, 0) is 56.5 Å². The molecule has 2 aromatic rings. The molecule has 2 atom stereocenters. The molecule has 0 saturated carbocycles. The molecule has 152 valence electrons. The molecular weight excluding hydrogens is 396 g/mol. The molecule has 6 nitrogen and oxygen atoms in total. The van der Waals surface area contributed by atoms with Crippen LogP contribution in [-0.4, -0.2) is 33.2 Å². The van der Waals surface area contributed by atoms with Crippen molar-refractivity contribution < 1.29 is 16.8 Å². The second kappa shape index (κ2) is 8.32. The van der Waals surface area contributed by atoms with Gasteiger partial charge in [-0.2, -0.15) is 4.31 Å². The van der Waals surface area contributed by atoms with Crippen LogP contribution >= 0.6 is 0 Å². The molecule has 2 aromatic carbocycles. The van der Waals surface area contributed by atoms with Gasteiger partial charge in [0.2, 0.25) is 20.0 Å². The molecule has 0 aliphatic carbocycles. The molecule has 3 rings (SSSR count). The van der Waals surface area contributed by atoms with E-state index in [-0.39, 0.29) is 28.4 Å². The Kier molecular flexibility index (Phi) is 6.24. The van der Waals surface area contributed by atoms with Crippen LogP contribution in [0.2, 0.25) is 0 Å². The lowest BCUT2D eigenvalue weighted by Crippen LogP contribution is -2.47. The second-order valence-corrected chi connectivity index (χ2v) is 10.9. The van der Waals surface area contributed by atoms with Crippen molar-refractivity contribution in [1.29, 1.82) is 0 Å². The van der Waals surface area contributed by atoms with Crippen LogP contribution in [0, 0.1) is 0 Å². The van der Waals surface area contributed by atoms with Crippen molar-refractivity contribution in [1.82, 2.24) is 9.03 Å². The topological polar surface area (TPSA) is 83.6 Å². The Labute approximate surface area is 167 Å². The quantitative estimate of drug-likeness (QED) is 0.775. The average Bonchev–Trinajstić information content (AvgIpc) is 2.67. The summed E-state index contributed by atoms with van der Waals surface area (Å²) in [5.41, 5.74) is 0.846. The highest BCUT2D eigenvalue weighted by Gasteiger charge is 2.35. The minimum Gasteiger partial charge on any atom is -0.207 e. The Bertz CT molecular complexity index is 994. The van der Waals surface area contributed by atoms with E-state index in [1.165, 1.54) is 24.3 Å². The summed E-state index contributed by atoms with van der Waals surface area (Å²) in [6.45, 7) is 4.01. The minimum absolute atomic E-state index is 0.0436. The van der Waals surface area contributed by atoms with Gasteiger partial charge in [0.05, 0.1) is 9.79 Å². The van der Waals surface area contributed by atoms with Crippen molar-refractivity contribution in [2.45, 2.75) is 61.5 Å². The molecule has 1 aliphatic rings. The van der Waals surface area contributed by atoms with Crippen molar-refractivity contribution in [3.63, 3.8) is 0 Å². The summed E-state index contributed by atoms with van der Waals surface area (Å²) in [5.74, 6) is 0. The van der Waals surface area contributed by atoms with Gasteiger partial charge >= 0.3 is 0 Å². The predicted molar refractivity (Wildman–Crippen MR) is 109 cm³/mol. The molecule has 1 aliphatic heterocycles. The molecule has 0 amide bonds. The standard InChI is InChI=1S/C20H26N2O4S2/c1-16-7-6-8-17(2)22(16)28(25,26)20-13-11-19(12-14-20)27(23,24)21-15-18-9-4-3-5-10-18/h3-5,9-14,16-17,21H,6-8,15H2,1-2H3/t16-,17-/m1/s1. The fourth-order valence-corrected chi connectivity index (χ4v) is 6.54. The lowest BCUT2D eigenvalue weighted by Gasteiger charge is -2.37. The highest BCUT2D eigenvalue weighted by Crippen LogP contribution is 2.29. The normalized spacial score (nSPS) is 21.5. The first kappa shape index (κ1) is 21.0. The predicted octanol–water partition coefficient (Wildman–Crippen LogP) is 3.12. The number of hydrogen-bond donors (Lipinski definition) is 1. The number of sulfonamides is 2. The van der Waals surface area contributed by atoms with Gasteiger partial charge in [-0.3, -0.25) is 0 Å². The van der Waals surface area contributed by atoms with E-state index < -0.39 is 20.0 Å². The van der Waals surface area contributed by atoms with Crippen molar-refractivity contribution in [2.75, 3.05) is 0 Å². The SMILES string of the molecule is C[C@@H]1CCC[C@@H](C)N1S(=O)(=O)c1ccc(S(=O)(=O)NCc2ccccc2)cc1. The van der Waals surface area contributed by atoms with Gasteiger partial charge in [-0.25, -0.2) is 21.6 Å². The van der Waals surface area contributed by atoms with Gasteiger partial charge in [0.1, 0.15) is 0 Å². The van der Waals surface area contributed by atoms with E-state index in [0.29, 0.717) is 0 Å². The van der Waals surface area contributed by atoms with E-state index in [2.05, 4.69) is 4.72 Å². The first-order chi connectivity index (χ1) is 13.2. The number of rotatable bonds is 6. The Morgan fingerprint density at radius 3 is 1.96 bits per heavy atom. The van der Waals surface area contributed by atoms with Crippen LogP contribution < -0.4 is 4.72 Å². The van der Waals surface area contributed by atoms with Crippen LogP contribution in [0.4, 0.5) is 0 Å².